The summed E-state index contributed by atoms with van der Waals surface area (Å²) in [7, 11) is 0. The van der Waals surface area contributed by atoms with Crippen LogP contribution >= 0.6 is 34.7 Å². The van der Waals surface area contributed by atoms with Crippen molar-refractivity contribution in [1.29, 1.82) is 0 Å². The van der Waals surface area contributed by atoms with Crippen molar-refractivity contribution in [2.24, 2.45) is 0 Å². The van der Waals surface area contributed by atoms with Gasteiger partial charge < -0.3 is 5.32 Å². The summed E-state index contributed by atoms with van der Waals surface area (Å²) >= 11 is 8.98. The number of carbonyl (C=O) groups excluding carboxylic acids is 2. The van der Waals surface area contributed by atoms with Gasteiger partial charge in [-0.25, -0.2) is 4.98 Å². The first kappa shape index (κ1) is 20.9. The van der Waals surface area contributed by atoms with Crippen molar-refractivity contribution in [1.82, 2.24) is 4.98 Å². The monoisotopic (exact) mass is 457 g/mol. The van der Waals surface area contributed by atoms with Crippen molar-refractivity contribution in [3.63, 3.8) is 0 Å². The van der Waals surface area contributed by atoms with Crippen LogP contribution in [0.4, 0.5) is 10.8 Å². The second kappa shape index (κ2) is 9.20. The predicted molar refractivity (Wildman–Crippen MR) is 124 cm³/mol. The average Bonchev–Trinajstić information content (AvgIpc) is 3.17. The standard InChI is InChI=1S/C22H20ClN3O2S2/c1-29-16-11-9-15(10-12-16)24-21(28)17-3-2-4-18-19(17)25-22(30-18)26-20(27)13-5-7-14(23)8-6-13/h5-12,17H,2-4H2,1H3,(H,24,28)(H,25,26,27). The van der Waals surface area contributed by atoms with Gasteiger partial charge in [-0.1, -0.05) is 11.6 Å². The Labute approximate surface area is 188 Å². The van der Waals surface area contributed by atoms with Crippen LogP contribution in [0.2, 0.25) is 5.02 Å². The fourth-order valence-corrected chi connectivity index (χ4v) is 5.00. The SMILES string of the molecule is CSc1ccc(NC(=O)C2CCCc3sc(NC(=O)c4ccc(Cl)cc4)nc32)cc1. The molecule has 4 rings (SSSR count). The van der Waals surface area contributed by atoms with Crippen molar-refractivity contribution >= 4 is 57.3 Å². The maximum atomic E-state index is 12.9. The highest BCUT2D eigenvalue weighted by Gasteiger charge is 2.30. The van der Waals surface area contributed by atoms with Crippen LogP contribution in [0.5, 0.6) is 0 Å². The Hall–Kier alpha value is -2.35. The highest BCUT2D eigenvalue weighted by atomic mass is 35.5. The zero-order valence-corrected chi connectivity index (χ0v) is 18.7. The molecule has 0 saturated heterocycles. The summed E-state index contributed by atoms with van der Waals surface area (Å²) < 4.78 is 0. The first-order chi connectivity index (χ1) is 14.5. The minimum absolute atomic E-state index is 0.0614. The lowest BCUT2D eigenvalue weighted by Crippen LogP contribution is -2.24. The number of hydrogen-bond acceptors (Lipinski definition) is 5. The molecule has 1 unspecified atom stereocenters. The van der Waals surface area contributed by atoms with Gasteiger partial charge in [-0.05, 0) is 74.0 Å². The van der Waals surface area contributed by atoms with Gasteiger partial charge in [0.1, 0.15) is 0 Å². The van der Waals surface area contributed by atoms with Crippen molar-refractivity contribution in [3.05, 3.63) is 69.7 Å². The minimum Gasteiger partial charge on any atom is -0.326 e. The normalized spacial score (nSPS) is 15.3. The number of aryl methyl sites for hydroxylation is 1. The maximum absolute atomic E-state index is 12.9. The van der Waals surface area contributed by atoms with Gasteiger partial charge in [0.25, 0.3) is 5.91 Å². The smallest absolute Gasteiger partial charge is 0.257 e. The number of fused-ring (bicyclic) bond motifs is 1. The van der Waals surface area contributed by atoms with Gasteiger partial charge in [0.15, 0.2) is 5.13 Å². The number of hydrogen-bond donors (Lipinski definition) is 2. The summed E-state index contributed by atoms with van der Waals surface area (Å²) in [6.45, 7) is 0. The molecule has 1 heterocycles. The van der Waals surface area contributed by atoms with E-state index < -0.39 is 0 Å². The van der Waals surface area contributed by atoms with Gasteiger partial charge in [-0.15, -0.1) is 23.1 Å². The molecule has 8 heteroatoms. The van der Waals surface area contributed by atoms with Gasteiger partial charge in [0, 0.05) is 26.0 Å². The Morgan fingerprint density at radius 2 is 1.83 bits per heavy atom. The van der Waals surface area contributed by atoms with Crippen LogP contribution in [-0.4, -0.2) is 23.1 Å². The molecule has 0 fully saturated rings. The molecule has 0 saturated carbocycles. The number of rotatable bonds is 5. The highest BCUT2D eigenvalue weighted by Crippen LogP contribution is 2.37. The molecular formula is C22H20ClN3O2S2. The van der Waals surface area contributed by atoms with E-state index in [2.05, 4.69) is 15.6 Å². The molecule has 1 atom stereocenters. The van der Waals surface area contributed by atoms with E-state index in [4.69, 9.17) is 11.6 Å². The zero-order valence-electron chi connectivity index (χ0n) is 16.3. The van der Waals surface area contributed by atoms with Crippen LogP contribution in [0, 0.1) is 0 Å². The Bertz CT molecular complexity index is 1060. The summed E-state index contributed by atoms with van der Waals surface area (Å²) in [6.07, 6.45) is 4.55. The minimum atomic E-state index is -0.314. The van der Waals surface area contributed by atoms with E-state index in [9.17, 15) is 9.59 Å². The molecule has 0 bridgehead atoms. The molecule has 1 aromatic heterocycles. The summed E-state index contributed by atoms with van der Waals surface area (Å²) in [6, 6.07) is 14.5. The lowest BCUT2D eigenvalue weighted by molar-refractivity contribution is -0.117. The van der Waals surface area contributed by atoms with Crippen molar-refractivity contribution in [2.75, 3.05) is 16.9 Å². The third-order valence-corrected chi connectivity index (χ3v) is 7.00. The van der Waals surface area contributed by atoms with Crippen LogP contribution in [0.1, 0.15) is 39.7 Å². The number of thiazole rings is 1. The summed E-state index contributed by atoms with van der Waals surface area (Å²) in [5.74, 6) is -0.618. The first-order valence-corrected chi connectivity index (χ1v) is 12.0. The van der Waals surface area contributed by atoms with Gasteiger partial charge in [-0.2, -0.15) is 0 Å². The third-order valence-electron chi connectivity index (χ3n) is 4.96. The fourth-order valence-electron chi connectivity index (χ4n) is 3.40. The van der Waals surface area contributed by atoms with Crippen molar-refractivity contribution < 1.29 is 9.59 Å². The number of nitrogens with one attached hydrogen (secondary N) is 2. The molecule has 2 aromatic carbocycles. The second-order valence-corrected chi connectivity index (χ2v) is 9.35. The summed E-state index contributed by atoms with van der Waals surface area (Å²) in [5, 5.41) is 6.94. The molecule has 30 heavy (non-hydrogen) atoms. The van der Waals surface area contributed by atoms with Gasteiger partial charge >= 0.3 is 0 Å². The molecule has 0 aliphatic heterocycles. The lowest BCUT2D eigenvalue weighted by atomic mass is 9.90. The molecule has 0 spiro atoms. The average molecular weight is 458 g/mol. The van der Waals surface area contributed by atoms with E-state index in [0.29, 0.717) is 15.7 Å². The Balaban J connectivity index is 1.48. The Kier molecular flexibility index (Phi) is 6.41. The third kappa shape index (κ3) is 4.69. The van der Waals surface area contributed by atoms with E-state index in [1.807, 2.05) is 30.5 Å². The molecule has 0 radical (unpaired) electrons. The Morgan fingerprint density at radius 1 is 1.10 bits per heavy atom. The number of halogens is 1. The van der Waals surface area contributed by atoms with Crippen LogP contribution in [0.3, 0.4) is 0 Å². The number of carbonyl (C=O) groups is 2. The van der Waals surface area contributed by atoms with E-state index in [1.54, 1.807) is 36.0 Å². The van der Waals surface area contributed by atoms with E-state index in [1.165, 1.54) is 11.3 Å². The number of nitrogens with zero attached hydrogens (tertiary/aromatic N) is 1. The molecule has 1 aliphatic carbocycles. The van der Waals surface area contributed by atoms with Gasteiger partial charge in [0.05, 0.1) is 11.6 Å². The van der Waals surface area contributed by atoms with E-state index in [-0.39, 0.29) is 17.7 Å². The molecule has 5 nitrogen and oxygen atoms in total. The van der Waals surface area contributed by atoms with Crippen LogP contribution in [-0.2, 0) is 11.2 Å². The number of amides is 2. The molecule has 1 aliphatic rings. The van der Waals surface area contributed by atoms with Crippen LogP contribution < -0.4 is 10.6 Å². The lowest BCUT2D eigenvalue weighted by Gasteiger charge is -2.20. The van der Waals surface area contributed by atoms with Gasteiger partial charge in [0.2, 0.25) is 5.91 Å². The van der Waals surface area contributed by atoms with Gasteiger partial charge in [-0.3, -0.25) is 14.9 Å². The topological polar surface area (TPSA) is 71.1 Å². The molecule has 2 N–H and O–H groups in total. The molecular weight excluding hydrogens is 438 g/mol. The molecule has 3 aromatic rings. The predicted octanol–water partition coefficient (Wildman–Crippen LogP) is 5.83. The summed E-state index contributed by atoms with van der Waals surface area (Å²) in [5.41, 5.74) is 2.06. The summed E-state index contributed by atoms with van der Waals surface area (Å²) in [4.78, 5) is 32.2. The largest absolute Gasteiger partial charge is 0.326 e. The van der Waals surface area contributed by atoms with Crippen molar-refractivity contribution in [3.8, 4) is 0 Å². The zero-order chi connectivity index (χ0) is 21.1. The quantitative estimate of drug-likeness (QED) is 0.473. The molecule has 154 valence electrons. The van der Waals surface area contributed by atoms with Crippen molar-refractivity contribution in [2.45, 2.75) is 30.1 Å². The Morgan fingerprint density at radius 3 is 2.53 bits per heavy atom. The number of thioether (sulfide) groups is 1. The number of benzene rings is 2. The van der Waals surface area contributed by atoms with E-state index in [0.717, 1.165) is 40.4 Å². The van der Waals surface area contributed by atoms with E-state index >= 15 is 0 Å². The molecule has 2 amide bonds. The highest BCUT2D eigenvalue weighted by molar-refractivity contribution is 7.98. The number of anilines is 2. The fraction of sp³-hybridized carbons (Fsp3) is 0.227. The van der Waals surface area contributed by atoms with Crippen LogP contribution in [0.25, 0.3) is 0 Å². The first-order valence-electron chi connectivity index (χ1n) is 9.55. The number of aromatic nitrogens is 1. The van der Waals surface area contributed by atoms with Crippen LogP contribution in [0.15, 0.2) is 53.4 Å². The second-order valence-electron chi connectivity index (χ2n) is 6.95. The maximum Gasteiger partial charge on any atom is 0.257 e.